The van der Waals surface area contributed by atoms with E-state index in [-0.39, 0.29) is 27.5 Å². The van der Waals surface area contributed by atoms with Gasteiger partial charge in [-0.1, -0.05) is 23.5 Å². The van der Waals surface area contributed by atoms with Crippen molar-refractivity contribution in [2.45, 2.75) is 0 Å². The van der Waals surface area contributed by atoms with Crippen molar-refractivity contribution >= 4 is 44.1 Å². The lowest BCUT2D eigenvalue weighted by Gasteiger charge is -2.01. The molecule has 3 aromatic rings. The molecule has 0 spiro atoms. The number of nitro benzene ring substituents is 2. The van der Waals surface area contributed by atoms with Gasteiger partial charge in [0, 0.05) is 22.9 Å². The topological polar surface area (TPSA) is 141 Å². The Kier molecular flexibility index (Phi) is 4.62. The SMILES string of the molecule is O=c1nc(NN=Cc2ccccc2[N+](=O)[O-])sc2ccc([N+](=O)[O-])cc12. The van der Waals surface area contributed by atoms with E-state index in [4.69, 9.17) is 0 Å². The van der Waals surface area contributed by atoms with Crippen LogP contribution in [-0.2, 0) is 0 Å². The van der Waals surface area contributed by atoms with Gasteiger partial charge in [0.1, 0.15) is 0 Å². The van der Waals surface area contributed by atoms with Gasteiger partial charge in [-0.25, -0.2) is 0 Å². The monoisotopic (exact) mass is 371 g/mol. The summed E-state index contributed by atoms with van der Waals surface area (Å²) < 4.78 is 0.499. The molecule has 10 nitrogen and oxygen atoms in total. The van der Waals surface area contributed by atoms with Crippen molar-refractivity contribution in [1.82, 2.24) is 4.98 Å². The Morgan fingerprint density at radius 2 is 1.88 bits per heavy atom. The molecule has 0 radical (unpaired) electrons. The summed E-state index contributed by atoms with van der Waals surface area (Å²) in [4.78, 5) is 36.4. The second kappa shape index (κ2) is 7.03. The van der Waals surface area contributed by atoms with E-state index in [1.807, 2.05) is 0 Å². The molecular formula is C15H9N5O5S. The first-order valence-corrected chi connectivity index (χ1v) is 7.89. The van der Waals surface area contributed by atoms with Gasteiger partial charge >= 0.3 is 0 Å². The van der Waals surface area contributed by atoms with E-state index >= 15 is 0 Å². The molecular weight excluding hydrogens is 362 g/mol. The fourth-order valence-electron chi connectivity index (χ4n) is 2.13. The van der Waals surface area contributed by atoms with Crippen molar-refractivity contribution < 1.29 is 9.85 Å². The van der Waals surface area contributed by atoms with Gasteiger partial charge in [0.05, 0.1) is 27.0 Å². The van der Waals surface area contributed by atoms with Gasteiger partial charge in [-0.3, -0.25) is 30.4 Å². The normalized spacial score (nSPS) is 10.9. The zero-order valence-electron chi connectivity index (χ0n) is 12.9. The molecule has 0 aliphatic carbocycles. The molecule has 1 N–H and O–H groups in total. The minimum Gasteiger partial charge on any atom is -0.267 e. The van der Waals surface area contributed by atoms with Crippen LogP contribution in [0.15, 0.2) is 52.4 Å². The highest BCUT2D eigenvalue weighted by Gasteiger charge is 2.12. The molecule has 0 aliphatic heterocycles. The molecule has 11 heteroatoms. The number of para-hydroxylation sites is 1. The molecule has 0 amide bonds. The first-order chi connectivity index (χ1) is 12.5. The highest BCUT2D eigenvalue weighted by Crippen LogP contribution is 2.24. The Bertz CT molecular complexity index is 1110. The van der Waals surface area contributed by atoms with Crippen LogP contribution in [-0.4, -0.2) is 21.0 Å². The number of hydrazone groups is 1. The maximum absolute atomic E-state index is 12.0. The van der Waals surface area contributed by atoms with Crippen LogP contribution < -0.4 is 11.0 Å². The first kappa shape index (κ1) is 17.1. The van der Waals surface area contributed by atoms with Crippen LogP contribution in [0.4, 0.5) is 16.5 Å². The van der Waals surface area contributed by atoms with Crippen molar-refractivity contribution in [3.63, 3.8) is 0 Å². The minimum atomic E-state index is -0.633. The molecule has 26 heavy (non-hydrogen) atoms. The number of aromatic nitrogens is 1. The molecule has 3 rings (SSSR count). The Hall–Kier alpha value is -3.73. The fourth-order valence-corrected chi connectivity index (χ4v) is 2.96. The number of hydrogen-bond donors (Lipinski definition) is 1. The third-order valence-electron chi connectivity index (χ3n) is 3.31. The first-order valence-electron chi connectivity index (χ1n) is 7.07. The fraction of sp³-hybridized carbons (Fsp3) is 0. The van der Waals surface area contributed by atoms with Gasteiger partial charge in [-0.15, -0.1) is 0 Å². The Morgan fingerprint density at radius 3 is 2.62 bits per heavy atom. The van der Waals surface area contributed by atoms with E-state index in [1.165, 1.54) is 36.5 Å². The summed E-state index contributed by atoms with van der Waals surface area (Å²) in [6, 6.07) is 9.96. The van der Waals surface area contributed by atoms with E-state index in [2.05, 4.69) is 15.5 Å². The van der Waals surface area contributed by atoms with Gasteiger partial charge < -0.3 is 0 Å². The van der Waals surface area contributed by atoms with Crippen molar-refractivity contribution in [3.8, 4) is 0 Å². The lowest BCUT2D eigenvalue weighted by molar-refractivity contribution is -0.385. The highest BCUT2D eigenvalue weighted by molar-refractivity contribution is 7.21. The van der Waals surface area contributed by atoms with Crippen molar-refractivity contribution in [3.05, 3.63) is 78.6 Å². The molecule has 0 unspecified atom stereocenters. The molecule has 1 heterocycles. The highest BCUT2D eigenvalue weighted by atomic mass is 32.1. The van der Waals surface area contributed by atoms with Crippen LogP contribution in [0.1, 0.15) is 5.56 Å². The van der Waals surface area contributed by atoms with E-state index in [0.29, 0.717) is 4.70 Å². The maximum atomic E-state index is 12.0. The predicted molar refractivity (Wildman–Crippen MR) is 96.9 cm³/mol. The van der Waals surface area contributed by atoms with Crippen molar-refractivity contribution in [1.29, 1.82) is 0 Å². The number of rotatable bonds is 5. The maximum Gasteiger partial charge on any atom is 0.281 e. The summed E-state index contributed by atoms with van der Waals surface area (Å²) in [7, 11) is 0. The Balaban J connectivity index is 1.88. The summed E-state index contributed by atoms with van der Waals surface area (Å²) in [5.74, 6) is 0. The summed E-state index contributed by atoms with van der Waals surface area (Å²) >= 11 is 1.07. The second-order valence-corrected chi connectivity index (χ2v) is 5.98. The number of benzene rings is 2. The van der Waals surface area contributed by atoms with Crippen LogP contribution in [0.3, 0.4) is 0 Å². The number of anilines is 1. The molecule has 0 saturated carbocycles. The number of fused-ring (bicyclic) bond motifs is 1. The quantitative estimate of drug-likeness (QED) is 0.413. The van der Waals surface area contributed by atoms with Gasteiger partial charge in [-0.05, 0) is 12.1 Å². The summed E-state index contributed by atoms with van der Waals surface area (Å²) in [6.45, 7) is 0. The number of nitro groups is 2. The summed E-state index contributed by atoms with van der Waals surface area (Å²) in [6.07, 6.45) is 1.25. The lowest BCUT2D eigenvalue weighted by atomic mass is 10.2. The van der Waals surface area contributed by atoms with E-state index in [1.54, 1.807) is 12.1 Å². The minimum absolute atomic E-state index is 0.106. The van der Waals surface area contributed by atoms with Crippen LogP contribution in [0, 0.1) is 20.2 Å². The third-order valence-corrected chi connectivity index (χ3v) is 4.26. The van der Waals surface area contributed by atoms with Crippen molar-refractivity contribution in [2.24, 2.45) is 5.10 Å². The van der Waals surface area contributed by atoms with Crippen molar-refractivity contribution in [2.75, 3.05) is 5.43 Å². The molecule has 2 aromatic carbocycles. The number of nitrogens with zero attached hydrogens (tertiary/aromatic N) is 4. The van der Waals surface area contributed by atoms with E-state index in [9.17, 15) is 25.0 Å². The van der Waals surface area contributed by atoms with E-state index < -0.39 is 15.4 Å². The molecule has 0 saturated heterocycles. The van der Waals surface area contributed by atoms with Crippen LogP contribution in [0.2, 0.25) is 0 Å². The molecule has 0 bridgehead atoms. The largest absolute Gasteiger partial charge is 0.281 e. The summed E-state index contributed by atoms with van der Waals surface area (Å²) in [5, 5.41) is 25.9. The molecule has 130 valence electrons. The second-order valence-electron chi connectivity index (χ2n) is 4.95. The molecule has 0 fully saturated rings. The van der Waals surface area contributed by atoms with E-state index in [0.717, 1.165) is 11.3 Å². The predicted octanol–water partition coefficient (Wildman–Crippen LogP) is 2.92. The van der Waals surface area contributed by atoms with Gasteiger partial charge in [-0.2, -0.15) is 10.1 Å². The molecule has 0 atom stereocenters. The van der Waals surface area contributed by atoms with Crippen LogP contribution in [0.25, 0.3) is 10.1 Å². The summed E-state index contributed by atoms with van der Waals surface area (Å²) in [5.41, 5.74) is 1.90. The third kappa shape index (κ3) is 3.52. The zero-order valence-corrected chi connectivity index (χ0v) is 13.7. The van der Waals surface area contributed by atoms with Gasteiger partial charge in [0.25, 0.3) is 16.9 Å². The van der Waals surface area contributed by atoms with Crippen LogP contribution >= 0.6 is 11.3 Å². The average molecular weight is 371 g/mol. The van der Waals surface area contributed by atoms with Crippen LogP contribution in [0.5, 0.6) is 0 Å². The Labute approximate surface area is 148 Å². The lowest BCUT2D eigenvalue weighted by Crippen LogP contribution is -2.08. The average Bonchev–Trinajstić information content (AvgIpc) is 2.61. The van der Waals surface area contributed by atoms with Gasteiger partial charge in [0.2, 0.25) is 5.13 Å². The standard InChI is InChI=1S/C15H9N5O5S/c21-14-11-7-10(19(22)23)5-6-13(11)26-15(17-14)18-16-8-9-3-1-2-4-12(9)20(24)25/h1-8H,(H,17,18,21). The number of non-ortho nitro benzene ring substituents is 1. The Morgan fingerprint density at radius 1 is 1.12 bits per heavy atom. The zero-order chi connectivity index (χ0) is 18.7. The molecule has 0 aliphatic rings. The molecule has 1 aromatic heterocycles. The van der Waals surface area contributed by atoms with Gasteiger partial charge in [0.15, 0.2) is 0 Å². The smallest absolute Gasteiger partial charge is 0.267 e. The number of nitrogens with one attached hydrogen (secondary N) is 1. The number of hydrogen-bond acceptors (Lipinski definition) is 9.